The Hall–Kier alpha value is -2.42. The predicted octanol–water partition coefficient (Wildman–Crippen LogP) is 1.66. The second kappa shape index (κ2) is 6.08. The quantitative estimate of drug-likeness (QED) is 0.828. The molecule has 138 valence electrons. The van der Waals surface area contributed by atoms with Gasteiger partial charge in [-0.15, -0.1) is 0 Å². The number of hydrogen-bond donors (Lipinski definition) is 0. The highest BCUT2D eigenvalue weighted by atomic mass is 19.4. The van der Waals surface area contributed by atoms with Crippen LogP contribution in [0.4, 0.5) is 19.0 Å². The number of nitrogens with zero attached hydrogens (tertiary/aromatic N) is 5. The fourth-order valence-electron chi connectivity index (χ4n) is 3.74. The molecule has 2 atom stereocenters. The van der Waals surface area contributed by atoms with E-state index in [9.17, 15) is 18.0 Å². The summed E-state index contributed by atoms with van der Waals surface area (Å²) in [4.78, 5) is 24.0. The van der Waals surface area contributed by atoms with E-state index in [1.54, 1.807) is 13.1 Å². The molecule has 2 unspecified atom stereocenters. The molecule has 3 aliphatic rings. The van der Waals surface area contributed by atoms with Gasteiger partial charge in [-0.3, -0.25) is 14.7 Å². The summed E-state index contributed by atoms with van der Waals surface area (Å²) in [5.74, 6) is 0.699. The molecular weight excluding hydrogens is 347 g/mol. The number of pyridine rings is 1. The topological polar surface area (TPSA) is 54.3 Å². The average Bonchev–Trinajstić information content (AvgIpc) is 2.58. The molecule has 0 amide bonds. The largest absolute Gasteiger partial charge is 0.433 e. The first-order valence-corrected chi connectivity index (χ1v) is 8.37. The lowest BCUT2D eigenvalue weighted by atomic mass is 9.87. The van der Waals surface area contributed by atoms with E-state index in [0.29, 0.717) is 12.4 Å². The molecule has 0 aromatic carbocycles. The van der Waals surface area contributed by atoms with Crippen LogP contribution in [0.15, 0.2) is 35.5 Å². The number of anilines is 1. The van der Waals surface area contributed by atoms with Crippen LogP contribution in [0, 0.1) is 0 Å². The first-order chi connectivity index (χ1) is 12.3. The molecule has 0 N–H and O–H groups in total. The highest BCUT2D eigenvalue weighted by Gasteiger charge is 2.45. The molecule has 3 aliphatic heterocycles. The van der Waals surface area contributed by atoms with Crippen molar-refractivity contribution in [3.63, 3.8) is 0 Å². The van der Waals surface area contributed by atoms with Crippen LogP contribution in [0.5, 0.6) is 0 Å². The zero-order valence-corrected chi connectivity index (χ0v) is 14.1. The van der Waals surface area contributed by atoms with Crippen molar-refractivity contribution in [2.24, 2.45) is 7.05 Å². The molecular formula is C17H18F3N5O. The zero-order chi connectivity index (χ0) is 18.5. The van der Waals surface area contributed by atoms with Gasteiger partial charge >= 0.3 is 6.18 Å². The molecule has 5 heterocycles. The first-order valence-electron chi connectivity index (χ1n) is 8.37. The van der Waals surface area contributed by atoms with Crippen molar-refractivity contribution in [3.05, 3.63) is 52.3 Å². The lowest BCUT2D eigenvalue weighted by Crippen LogP contribution is -2.69. The molecule has 3 fully saturated rings. The lowest BCUT2D eigenvalue weighted by molar-refractivity contribution is -0.141. The maximum atomic E-state index is 12.6. The van der Waals surface area contributed by atoms with E-state index < -0.39 is 11.9 Å². The Kier molecular flexibility index (Phi) is 3.98. The summed E-state index contributed by atoms with van der Waals surface area (Å²) >= 11 is 0. The van der Waals surface area contributed by atoms with Crippen molar-refractivity contribution in [1.29, 1.82) is 0 Å². The molecule has 2 bridgehead atoms. The van der Waals surface area contributed by atoms with Gasteiger partial charge in [0.1, 0.15) is 11.5 Å². The smallest absolute Gasteiger partial charge is 0.348 e. The Balaban J connectivity index is 1.41. The van der Waals surface area contributed by atoms with Crippen LogP contribution in [-0.2, 0) is 19.8 Å². The minimum absolute atomic E-state index is 0.0901. The van der Waals surface area contributed by atoms with Crippen LogP contribution in [0.3, 0.4) is 0 Å². The Labute approximate surface area is 147 Å². The summed E-state index contributed by atoms with van der Waals surface area (Å²) in [5, 5.41) is 0. The maximum absolute atomic E-state index is 12.6. The summed E-state index contributed by atoms with van der Waals surface area (Å²) in [5.41, 5.74) is -0.198. The molecule has 5 rings (SSSR count). The Morgan fingerprint density at radius 3 is 2.50 bits per heavy atom. The Morgan fingerprint density at radius 2 is 1.92 bits per heavy atom. The van der Waals surface area contributed by atoms with E-state index in [1.165, 1.54) is 23.2 Å². The molecule has 9 heteroatoms. The number of hydrogen-bond acceptors (Lipinski definition) is 5. The lowest BCUT2D eigenvalue weighted by Gasteiger charge is -2.57. The van der Waals surface area contributed by atoms with Gasteiger partial charge < -0.3 is 9.47 Å². The molecule has 6 nitrogen and oxygen atoms in total. The summed E-state index contributed by atoms with van der Waals surface area (Å²) < 4.78 is 39.2. The summed E-state index contributed by atoms with van der Waals surface area (Å²) in [6.45, 7) is 2.14. The van der Waals surface area contributed by atoms with Gasteiger partial charge in [0.25, 0.3) is 5.56 Å². The van der Waals surface area contributed by atoms with Gasteiger partial charge in [0.2, 0.25) is 0 Å². The van der Waals surface area contributed by atoms with E-state index in [2.05, 4.69) is 19.8 Å². The van der Waals surface area contributed by atoms with Gasteiger partial charge in [0, 0.05) is 51.0 Å². The highest BCUT2D eigenvalue weighted by Crippen LogP contribution is 2.36. The second-order valence-corrected chi connectivity index (χ2v) is 6.89. The molecule has 0 spiro atoms. The summed E-state index contributed by atoms with van der Waals surface area (Å²) in [6.07, 6.45) is -0.551. The van der Waals surface area contributed by atoms with Gasteiger partial charge in [-0.1, -0.05) is 6.07 Å². The van der Waals surface area contributed by atoms with E-state index in [4.69, 9.17) is 0 Å². The monoisotopic (exact) mass is 365 g/mol. The number of aromatic nitrogens is 3. The van der Waals surface area contributed by atoms with E-state index in [0.717, 1.165) is 31.1 Å². The fourth-order valence-corrected chi connectivity index (χ4v) is 3.74. The highest BCUT2D eigenvalue weighted by molar-refractivity contribution is 5.45. The fraction of sp³-hybridized carbons (Fsp3) is 0.471. The van der Waals surface area contributed by atoms with E-state index >= 15 is 0 Å². The SMILES string of the molecule is Cn1cnc(N2C3CC2CN(Cc2ccc(C(F)(F)F)nc2)C3)cc1=O. The second-order valence-electron chi connectivity index (χ2n) is 6.89. The first kappa shape index (κ1) is 17.0. The Morgan fingerprint density at radius 1 is 1.19 bits per heavy atom. The molecule has 0 saturated carbocycles. The summed E-state index contributed by atoms with van der Waals surface area (Å²) in [7, 11) is 1.66. The molecule has 0 radical (unpaired) electrons. The van der Waals surface area contributed by atoms with E-state index in [1.807, 2.05) is 0 Å². The number of halogens is 3. The average molecular weight is 365 g/mol. The number of piperazine rings is 1. The van der Waals surface area contributed by atoms with Crippen molar-refractivity contribution >= 4 is 5.82 Å². The van der Waals surface area contributed by atoms with Crippen molar-refractivity contribution in [2.75, 3.05) is 18.0 Å². The van der Waals surface area contributed by atoms with Crippen LogP contribution >= 0.6 is 0 Å². The molecule has 0 aliphatic carbocycles. The van der Waals surface area contributed by atoms with Crippen molar-refractivity contribution in [2.45, 2.75) is 31.2 Å². The third kappa shape index (κ3) is 3.07. The van der Waals surface area contributed by atoms with Gasteiger partial charge in [-0.2, -0.15) is 13.2 Å². The number of fused-ring (bicyclic) bond motifs is 2. The van der Waals surface area contributed by atoms with Crippen LogP contribution in [0.25, 0.3) is 0 Å². The zero-order valence-electron chi connectivity index (χ0n) is 14.1. The number of alkyl halides is 3. The minimum Gasteiger partial charge on any atom is -0.348 e. The van der Waals surface area contributed by atoms with Crippen LogP contribution in [0.1, 0.15) is 17.7 Å². The van der Waals surface area contributed by atoms with Crippen molar-refractivity contribution < 1.29 is 13.2 Å². The summed E-state index contributed by atoms with van der Waals surface area (Å²) in [6, 6.07) is 4.60. The maximum Gasteiger partial charge on any atom is 0.433 e. The molecule has 2 aromatic heterocycles. The third-order valence-electron chi connectivity index (χ3n) is 5.02. The van der Waals surface area contributed by atoms with Gasteiger partial charge in [0.15, 0.2) is 0 Å². The van der Waals surface area contributed by atoms with Gasteiger partial charge in [-0.25, -0.2) is 4.98 Å². The normalized spacial score (nSPS) is 23.0. The van der Waals surface area contributed by atoms with Crippen molar-refractivity contribution in [3.8, 4) is 0 Å². The number of aryl methyl sites for hydroxylation is 1. The molecule has 3 saturated heterocycles. The molecule has 2 aromatic rings. The number of rotatable bonds is 3. The third-order valence-corrected chi connectivity index (χ3v) is 5.02. The van der Waals surface area contributed by atoms with Crippen LogP contribution in [-0.4, -0.2) is 44.6 Å². The minimum atomic E-state index is -4.41. The van der Waals surface area contributed by atoms with Crippen molar-refractivity contribution in [1.82, 2.24) is 19.4 Å². The predicted molar refractivity (Wildman–Crippen MR) is 88.7 cm³/mol. The van der Waals surface area contributed by atoms with Gasteiger partial charge in [0.05, 0.1) is 6.33 Å². The van der Waals surface area contributed by atoms with Crippen LogP contribution < -0.4 is 10.5 Å². The molecule has 26 heavy (non-hydrogen) atoms. The Bertz CT molecular complexity index is 852. The van der Waals surface area contributed by atoms with Crippen LogP contribution in [0.2, 0.25) is 0 Å². The standard InChI is InChI=1S/C17H18F3N5O/c1-23-10-22-15(5-16(23)26)25-12-4-13(25)9-24(8-12)7-11-2-3-14(21-6-11)17(18,19)20/h2-3,5-6,10,12-13H,4,7-9H2,1H3. The van der Waals surface area contributed by atoms with Gasteiger partial charge in [-0.05, 0) is 18.1 Å². The van der Waals surface area contributed by atoms with E-state index in [-0.39, 0.29) is 17.6 Å². The number of piperidine rings is 1.